The molecule has 5 aliphatic rings. The molecule has 0 heterocycles. The molecule has 0 spiro atoms. The van der Waals surface area contributed by atoms with Gasteiger partial charge in [0.15, 0.2) is 0 Å². The minimum Gasteiger partial charge on any atom is -0.0620 e. The zero-order valence-electron chi connectivity index (χ0n) is 21.1. The summed E-state index contributed by atoms with van der Waals surface area (Å²) in [5, 5.41) is 0. The highest BCUT2D eigenvalue weighted by Gasteiger charge is 2.70. The normalized spacial score (nSPS) is 61.2. The summed E-state index contributed by atoms with van der Waals surface area (Å²) in [5.41, 5.74) is 3.51. The summed E-state index contributed by atoms with van der Waals surface area (Å²) < 4.78 is 0. The molecule has 5 rings (SSSR count). The lowest BCUT2D eigenvalue weighted by molar-refractivity contribution is -0.248. The first-order chi connectivity index (χ1) is 13.3. The number of rotatable bonds is 0. The molecule has 0 N–H and O–H groups in total. The van der Waals surface area contributed by atoms with Gasteiger partial charge in [0.1, 0.15) is 0 Å². The lowest BCUT2D eigenvalue weighted by Gasteiger charge is -2.74. The summed E-state index contributed by atoms with van der Waals surface area (Å²) in [6.45, 7) is 21.5. The Bertz CT molecular complexity index is 690. The second-order valence-corrected chi connectivity index (χ2v) is 15.0. The predicted octanol–water partition coefficient (Wildman–Crippen LogP) is 8.89. The third-order valence-electron chi connectivity index (χ3n) is 13.6. The molecule has 0 nitrogen and oxygen atoms in total. The molecule has 5 aliphatic carbocycles. The van der Waals surface area contributed by atoms with Gasteiger partial charge in [-0.3, -0.25) is 0 Å². The van der Waals surface area contributed by atoms with Gasteiger partial charge in [-0.15, -0.1) is 0 Å². The summed E-state index contributed by atoms with van der Waals surface area (Å²) in [6, 6.07) is 0. The molecular formula is C29H50. The van der Waals surface area contributed by atoms with Crippen molar-refractivity contribution < 1.29 is 0 Å². The monoisotopic (exact) mass is 398 g/mol. The van der Waals surface area contributed by atoms with E-state index >= 15 is 0 Å². The van der Waals surface area contributed by atoms with Gasteiger partial charge in [0.05, 0.1) is 0 Å². The van der Waals surface area contributed by atoms with Gasteiger partial charge in [-0.1, -0.05) is 55.4 Å². The molecule has 0 aromatic carbocycles. The van der Waals surface area contributed by atoms with Crippen LogP contribution in [0.25, 0.3) is 0 Å². The second kappa shape index (κ2) is 5.86. The van der Waals surface area contributed by atoms with Crippen LogP contribution in [0.2, 0.25) is 0 Å². The van der Waals surface area contributed by atoms with Crippen LogP contribution in [0, 0.1) is 56.2 Å². The highest BCUT2D eigenvalue weighted by atomic mass is 14.7. The molecule has 166 valence electrons. The zero-order chi connectivity index (χ0) is 21.1. The van der Waals surface area contributed by atoms with E-state index in [0.29, 0.717) is 32.5 Å². The van der Waals surface area contributed by atoms with Gasteiger partial charge in [-0.2, -0.15) is 0 Å². The third kappa shape index (κ3) is 2.44. The van der Waals surface area contributed by atoms with Gasteiger partial charge in [0, 0.05) is 0 Å². The van der Waals surface area contributed by atoms with E-state index in [0.717, 1.165) is 23.7 Å². The lowest BCUT2D eigenvalue weighted by atomic mass is 9.31. The van der Waals surface area contributed by atoms with Gasteiger partial charge in [0.25, 0.3) is 0 Å². The SMILES string of the molecule is CC1CCC2C1(C)CCC1C2(C)CCC2(C)C3CC(C)(C)CCC3(C)CCC12C. The molecule has 0 heteroatoms. The van der Waals surface area contributed by atoms with Crippen molar-refractivity contribution in [2.75, 3.05) is 0 Å². The Hall–Kier alpha value is 0. The first-order valence-corrected chi connectivity index (χ1v) is 13.3. The van der Waals surface area contributed by atoms with Gasteiger partial charge < -0.3 is 0 Å². The quantitative estimate of drug-likeness (QED) is 0.382. The highest BCUT2D eigenvalue weighted by molar-refractivity contribution is 5.19. The molecule has 0 aromatic heterocycles. The van der Waals surface area contributed by atoms with Gasteiger partial charge in [0.2, 0.25) is 0 Å². The fourth-order valence-corrected chi connectivity index (χ4v) is 11.1. The minimum absolute atomic E-state index is 0.554. The third-order valence-corrected chi connectivity index (χ3v) is 13.6. The number of hydrogen-bond acceptors (Lipinski definition) is 0. The first-order valence-electron chi connectivity index (χ1n) is 13.3. The topological polar surface area (TPSA) is 0 Å². The standard InChI is InChI=1S/C29H50/c1-20-9-10-21-26(20,5)12-11-22-27(21,6)16-18-29(8)23-19-24(2,3)13-14-25(23,4)15-17-28(22,29)7/h20-23H,9-19H2,1-8H3. The van der Waals surface area contributed by atoms with Crippen molar-refractivity contribution in [1.82, 2.24) is 0 Å². The van der Waals surface area contributed by atoms with E-state index in [1.54, 1.807) is 0 Å². The number of fused-ring (bicyclic) bond motifs is 7. The maximum atomic E-state index is 2.80. The van der Waals surface area contributed by atoms with E-state index in [9.17, 15) is 0 Å². The molecule has 29 heavy (non-hydrogen) atoms. The largest absolute Gasteiger partial charge is 0.0620 e. The van der Waals surface area contributed by atoms with E-state index < -0.39 is 0 Å². The first kappa shape index (κ1) is 20.9. The van der Waals surface area contributed by atoms with Crippen LogP contribution < -0.4 is 0 Å². The number of hydrogen-bond donors (Lipinski definition) is 0. The molecule has 0 aliphatic heterocycles. The molecule has 5 fully saturated rings. The highest BCUT2D eigenvalue weighted by Crippen LogP contribution is 2.78. The van der Waals surface area contributed by atoms with E-state index in [2.05, 4.69) is 55.4 Å². The Kier molecular flexibility index (Phi) is 4.22. The van der Waals surface area contributed by atoms with Crippen molar-refractivity contribution in [3.05, 3.63) is 0 Å². The van der Waals surface area contributed by atoms with Gasteiger partial charge in [-0.05, 0) is 127 Å². The molecule has 0 amide bonds. The van der Waals surface area contributed by atoms with E-state index in [-0.39, 0.29) is 0 Å². The Morgan fingerprint density at radius 3 is 1.86 bits per heavy atom. The minimum atomic E-state index is 0.554. The molecular weight excluding hydrogens is 348 g/mol. The van der Waals surface area contributed by atoms with Gasteiger partial charge >= 0.3 is 0 Å². The second-order valence-electron chi connectivity index (χ2n) is 15.0. The summed E-state index contributed by atoms with van der Waals surface area (Å²) in [4.78, 5) is 0. The summed E-state index contributed by atoms with van der Waals surface area (Å²) >= 11 is 0. The van der Waals surface area contributed by atoms with Crippen LogP contribution in [0.1, 0.15) is 126 Å². The van der Waals surface area contributed by atoms with Crippen LogP contribution in [0.4, 0.5) is 0 Å². The smallest absolute Gasteiger partial charge is 0.0235 e. The molecule has 9 unspecified atom stereocenters. The Morgan fingerprint density at radius 1 is 0.517 bits per heavy atom. The van der Waals surface area contributed by atoms with Crippen molar-refractivity contribution >= 4 is 0 Å². The lowest BCUT2D eigenvalue weighted by Crippen LogP contribution is -2.66. The molecule has 5 saturated carbocycles. The Morgan fingerprint density at radius 2 is 1.14 bits per heavy atom. The van der Waals surface area contributed by atoms with Crippen LogP contribution in [-0.2, 0) is 0 Å². The maximum absolute atomic E-state index is 2.80. The zero-order valence-corrected chi connectivity index (χ0v) is 21.1. The van der Waals surface area contributed by atoms with E-state index in [4.69, 9.17) is 0 Å². The summed E-state index contributed by atoms with van der Waals surface area (Å²) in [5.74, 6) is 3.84. The van der Waals surface area contributed by atoms with Crippen LogP contribution in [0.5, 0.6) is 0 Å². The fraction of sp³-hybridized carbons (Fsp3) is 1.00. The van der Waals surface area contributed by atoms with Crippen molar-refractivity contribution in [3.63, 3.8) is 0 Å². The average molecular weight is 399 g/mol. The van der Waals surface area contributed by atoms with Crippen LogP contribution >= 0.6 is 0 Å². The molecule has 0 radical (unpaired) electrons. The van der Waals surface area contributed by atoms with Crippen molar-refractivity contribution in [3.8, 4) is 0 Å². The van der Waals surface area contributed by atoms with Gasteiger partial charge in [-0.25, -0.2) is 0 Å². The summed E-state index contributed by atoms with van der Waals surface area (Å²) in [7, 11) is 0. The van der Waals surface area contributed by atoms with Crippen LogP contribution in [-0.4, -0.2) is 0 Å². The predicted molar refractivity (Wildman–Crippen MR) is 125 cm³/mol. The van der Waals surface area contributed by atoms with Crippen molar-refractivity contribution in [2.45, 2.75) is 126 Å². The average Bonchev–Trinajstić information content (AvgIpc) is 2.95. The van der Waals surface area contributed by atoms with E-state index in [1.807, 2.05) is 0 Å². The van der Waals surface area contributed by atoms with Crippen LogP contribution in [0.3, 0.4) is 0 Å². The summed E-state index contributed by atoms with van der Waals surface area (Å²) in [6.07, 6.45) is 16.5. The van der Waals surface area contributed by atoms with E-state index in [1.165, 1.54) is 70.6 Å². The molecule has 0 bridgehead atoms. The van der Waals surface area contributed by atoms with Crippen molar-refractivity contribution in [2.24, 2.45) is 56.2 Å². The van der Waals surface area contributed by atoms with Crippen LogP contribution in [0.15, 0.2) is 0 Å². The fourth-order valence-electron chi connectivity index (χ4n) is 11.1. The van der Waals surface area contributed by atoms with Crippen molar-refractivity contribution in [1.29, 1.82) is 0 Å². The Balaban J connectivity index is 1.55. The molecule has 0 saturated heterocycles. The molecule has 0 aromatic rings. The molecule has 9 atom stereocenters. The maximum Gasteiger partial charge on any atom is -0.0235 e. The Labute approximate surface area is 182 Å².